The summed E-state index contributed by atoms with van der Waals surface area (Å²) in [5.74, 6) is 3.80. The van der Waals surface area contributed by atoms with Crippen molar-refractivity contribution >= 4 is 28.9 Å². The maximum absolute atomic E-state index is 5.99. The van der Waals surface area contributed by atoms with Gasteiger partial charge in [0.15, 0.2) is 5.65 Å². The molecule has 5 heteroatoms. The van der Waals surface area contributed by atoms with Crippen LogP contribution in [0.2, 0.25) is 0 Å². The number of aromatic nitrogens is 3. The molecule has 1 unspecified atom stereocenters. The van der Waals surface area contributed by atoms with Gasteiger partial charge in [0.05, 0.1) is 0 Å². The molecule has 17 heavy (non-hydrogen) atoms. The Morgan fingerprint density at radius 3 is 3.24 bits per heavy atom. The summed E-state index contributed by atoms with van der Waals surface area (Å²) in [6.45, 7) is 2.97. The Hall–Kier alpha value is -1.23. The van der Waals surface area contributed by atoms with E-state index < -0.39 is 0 Å². The fraction of sp³-hybridized carbons (Fsp3) is 0.500. The van der Waals surface area contributed by atoms with Gasteiger partial charge in [-0.05, 0) is 42.4 Å². The molecule has 0 bridgehead atoms. The Kier molecular flexibility index (Phi) is 2.70. The highest BCUT2D eigenvalue weighted by molar-refractivity contribution is 7.99. The highest BCUT2D eigenvalue weighted by Gasteiger charge is 2.19. The normalized spacial score (nSPS) is 20.2. The van der Waals surface area contributed by atoms with E-state index in [2.05, 4.69) is 14.5 Å². The number of hydrogen-bond acceptors (Lipinski definition) is 4. The van der Waals surface area contributed by atoms with Crippen molar-refractivity contribution in [2.45, 2.75) is 19.9 Å². The lowest BCUT2D eigenvalue weighted by Crippen LogP contribution is -2.12. The average molecular weight is 248 g/mol. The minimum absolute atomic E-state index is 0.593. The van der Waals surface area contributed by atoms with Crippen LogP contribution in [0.3, 0.4) is 0 Å². The summed E-state index contributed by atoms with van der Waals surface area (Å²) in [4.78, 5) is 8.84. The zero-order valence-electron chi connectivity index (χ0n) is 9.89. The van der Waals surface area contributed by atoms with Crippen molar-refractivity contribution in [3.8, 4) is 0 Å². The lowest BCUT2D eigenvalue weighted by Gasteiger charge is -2.10. The van der Waals surface area contributed by atoms with Crippen LogP contribution in [-0.2, 0) is 6.54 Å². The van der Waals surface area contributed by atoms with Gasteiger partial charge in [0.1, 0.15) is 5.52 Å². The van der Waals surface area contributed by atoms with E-state index in [1.54, 1.807) is 0 Å². The van der Waals surface area contributed by atoms with Crippen molar-refractivity contribution in [3.05, 3.63) is 17.8 Å². The van der Waals surface area contributed by atoms with Crippen molar-refractivity contribution < 1.29 is 0 Å². The fourth-order valence-electron chi connectivity index (χ4n) is 2.29. The van der Waals surface area contributed by atoms with Gasteiger partial charge in [-0.3, -0.25) is 4.57 Å². The molecule has 3 heterocycles. The molecule has 0 spiro atoms. The zero-order chi connectivity index (χ0) is 11.8. The van der Waals surface area contributed by atoms with Gasteiger partial charge in [0, 0.05) is 12.7 Å². The molecule has 2 aromatic rings. The second kappa shape index (κ2) is 4.22. The molecular formula is C12H16N4S. The molecule has 1 saturated heterocycles. The van der Waals surface area contributed by atoms with E-state index >= 15 is 0 Å². The minimum atomic E-state index is 0.593. The van der Waals surface area contributed by atoms with Gasteiger partial charge in [-0.15, -0.1) is 0 Å². The van der Waals surface area contributed by atoms with E-state index in [1.807, 2.05) is 30.9 Å². The van der Waals surface area contributed by atoms with Crippen LogP contribution in [-0.4, -0.2) is 26.0 Å². The number of thioether (sulfide) groups is 1. The summed E-state index contributed by atoms with van der Waals surface area (Å²) in [5.41, 5.74) is 8.94. The first-order chi connectivity index (χ1) is 8.24. The first kappa shape index (κ1) is 10.9. The van der Waals surface area contributed by atoms with Gasteiger partial charge in [-0.1, -0.05) is 0 Å². The Morgan fingerprint density at radius 2 is 2.47 bits per heavy atom. The van der Waals surface area contributed by atoms with Gasteiger partial charge in [0.25, 0.3) is 0 Å². The number of nitrogen functional groups attached to an aromatic ring is 1. The third-order valence-electron chi connectivity index (χ3n) is 3.22. The van der Waals surface area contributed by atoms with Crippen molar-refractivity contribution in [1.82, 2.24) is 14.5 Å². The van der Waals surface area contributed by atoms with Crippen molar-refractivity contribution in [2.24, 2.45) is 5.92 Å². The zero-order valence-corrected chi connectivity index (χ0v) is 10.7. The number of imidazole rings is 1. The largest absolute Gasteiger partial charge is 0.369 e. The Morgan fingerprint density at radius 1 is 1.59 bits per heavy atom. The number of anilines is 1. The van der Waals surface area contributed by atoms with Gasteiger partial charge >= 0.3 is 0 Å². The van der Waals surface area contributed by atoms with E-state index in [0.29, 0.717) is 11.9 Å². The summed E-state index contributed by atoms with van der Waals surface area (Å²) >= 11 is 2.02. The van der Waals surface area contributed by atoms with E-state index in [1.165, 1.54) is 17.9 Å². The Balaban J connectivity index is 1.99. The third kappa shape index (κ3) is 1.99. The number of pyridine rings is 1. The van der Waals surface area contributed by atoms with Crippen LogP contribution >= 0.6 is 11.8 Å². The SMILES string of the molecule is Cc1cnc2c(c1)nc(N)n2CC1CCSC1. The van der Waals surface area contributed by atoms with Crippen LogP contribution in [0.5, 0.6) is 0 Å². The van der Waals surface area contributed by atoms with E-state index in [4.69, 9.17) is 5.73 Å². The van der Waals surface area contributed by atoms with Crippen molar-refractivity contribution in [3.63, 3.8) is 0 Å². The van der Waals surface area contributed by atoms with Crippen LogP contribution in [0.1, 0.15) is 12.0 Å². The van der Waals surface area contributed by atoms with Crippen molar-refractivity contribution in [2.75, 3.05) is 17.2 Å². The molecule has 1 fully saturated rings. The predicted octanol–water partition coefficient (Wildman–Crippen LogP) is 2.08. The summed E-state index contributed by atoms with van der Waals surface area (Å²) in [7, 11) is 0. The molecule has 2 aromatic heterocycles. The smallest absolute Gasteiger partial charge is 0.202 e. The maximum atomic E-state index is 5.99. The number of hydrogen-bond donors (Lipinski definition) is 1. The molecule has 1 aliphatic heterocycles. The topological polar surface area (TPSA) is 56.7 Å². The van der Waals surface area contributed by atoms with Crippen LogP contribution in [0.15, 0.2) is 12.3 Å². The first-order valence-electron chi connectivity index (χ1n) is 5.90. The lowest BCUT2D eigenvalue weighted by molar-refractivity contribution is 0.503. The molecule has 1 aliphatic rings. The van der Waals surface area contributed by atoms with Crippen LogP contribution in [0.25, 0.3) is 11.2 Å². The number of rotatable bonds is 2. The molecular weight excluding hydrogens is 232 g/mol. The monoisotopic (exact) mass is 248 g/mol. The molecule has 0 amide bonds. The van der Waals surface area contributed by atoms with Crippen LogP contribution in [0, 0.1) is 12.8 Å². The van der Waals surface area contributed by atoms with Gasteiger partial charge in [-0.25, -0.2) is 9.97 Å². The highest BCUT2D eigenvalue weighted by Crippen LogP contribution is 2.27. The summed E-state index contributed by atoms with van der Waals surface area (Å²) in [6.07, 6.45) is 3.15. The Labute approximate surface area is 105 Å². The van der Waals surface area contributed by atoms with Crippen LogP contribution < -0.4 is 5.73 Å². The lowest BCUT2D eigenvalue weighted by atomic mass is 10.1. The van der Waals surface area contributed by atoms with E-state index in [0.717, 1.165) is 23.3 Å². The second-order valence-electron chi connectivity index (χ2n) is 4.67. The Bertz CT molecular complexity index is 543. The molecule has 0 aliphatic carbocycles. The van der Waals surface area contributed by atoms with Gasteiger partial charge in [0.2, 0.25) is 5.95 Å². The van der Waals surface area contributed by atoms with Crippen molar-refractivity contribution in [1.29, 1.82) is 0 Å². The second-order valence-corrected chi connectivity index (χ2v) is 5.82. The highest BCUT2D eigenvalue weighted by atomic mass is 32.2. The fourth-order valence-corrected chi connectivity index (χ4v) is 3.57. The summed E-state index contributed by atoms with van der Waals surface area (Å²) in [6, 6.07) is 2.04. The predicted molar refractivity (Wildman–Crippen MR) is 72.1 cm³/mol. The number of fused-ring (bicyclic) bond motifs is 1. The van der Waals surface area contributed by atoms with E-state index in [9.17, 15) is 0 Å². The number of nitrogens with two attached hydrogens (primary N) is 1. The quantitative estimate of drug-likeness (QED) is 0.884. The summed E-state index contributed by atoms with van der Waals surface area (Å²) in [5, 5.41) is 0. The average Bonchev–Trinajstić information content (AvgIpc) is 2.88. The first-order valence-corrected chi connectivity index (χ1v) is 7.05. The molecule has 90 valence electrons. The van der Waals surface area contributed by atoms with Gasteiger partial charge < -0.3 is 5.73 Å². The van der Waals surface area contributed by atoms with Crippen LogP contribution in [0.4, 0.5) is 5.95 Å². The number of aryl methyl sites for hydroxylation is 1. The standard InChI is InChI=1S/C12H16N4S/c1-8-4-10-11(14-5-8)16(12(13)15-10)6-9-2-3-17-7-9/h4-5,9H,2-3,6-7H2,1H3,(H2,13,15). The number of nitrogens with zero attached hydrogens (tertiary/aromatic N) is 3. The molecule has 4 nitrogen and oxygen atoms in total. The minimum Gasteiger partial charge on any atom is -0.369 e. The molecule has 2 N–H and O–H groups in total. The molecule has 0 aromatic carbocycles. The molecule has 1 atom stereocenters. The maximum Gasteiger partial charge on any atom is 0.202 e. The van der Waals surface area contributed by atoms with E-state index in [-0.39, 0.29) is 0 Å². The molecule has 0 radical (unpaired) electrons. The molecule has 3 rings (SSSR count). The third-order valence-corrected chi connectivity index (χ3v) is 4.45. The summed E-state index contributed by atoms with van der Waals surface area (Å²) < 4.78 is 2.06. The molecule has 0 saturated carbocycles. The van der Waals surface area contributed by atoms with Gasteiger partial charge in [-0.2, -0.15) is 11.8 Å².